The summed E-state index contributed by atoms with van der Waals surface area (Å²) >= 11 is 0. The van der Waals surface area contributed by atoms with Crippen molar-refractivity contribution in [3.05, 3.63) is 18.2 Å². The minimum atomic E-state index is -3.54. The van der Waals surface area contributed by atoms with Gasteiger partial charge in [-0.25, -0.2) is 31.3 Å². The summed E-state index contributed by atoms with van der Waals surface area (Å²) in [7, 11) is -2.12. The molecule has 1 aliphatic rings. The second kappa shape index (κ2) is 17.7. The molecule has 2 heterocycles. The Labute approximate surface area is 295 Å². The van der Waals surface area contributed by atoms with E-state index in [2.05, 4.69) is 31.2 Å². The monoisotopic (exact) mass is 732 g/mol. The largest absolute Gasteiger partial charge is 0.354 e. The van der Waals surface area contributed by atoms with Crippen molar-refractivity contribution >= 4 is 33.8 Å². The molecular formula is C33H58F2N8O6S. The predicted molar refractivity (Wildman–Crippen MR) is 187 cm³/mol. The third-order valence-corrected chi connectivity index (χ3v) is 10.5. The number of likely N-dealkylation sites (N-methyl/N-ethyl adjacent to an activating group) is 1. The van der Waals surface area contributed by atoms with E-state index in [4.69, 9.17) is 0 Å². The predicted octanol–water partition coefficient (Wildman–Crippen LogP) is 2.49. The molecule has 14 nitrogen and oxygen atoms in total. The van der Waals surface area contributed by atoms with Gasteiger partial charge in [0.25, 0.3) is 0 Å². The lowest BCUT2D eigenvalue weighted by atomic mass is 9.81. The molecule has 5 atom stereocenters. The fraction of sp³-hybridized carbons (Fsp3) is 0.788. The van der Waals surface area contributed by atoms with Crippen molar-refractivity contribution in [1.82, 2.24) is 40.4 Å². The Morgan fingerprint density at radius 3 is 2.18 bits per heavy atom. The molecule has 1 unspecified atom stereocenters. The maximum Gasteiger partial charge on any atom is 0.315 e. The molecule has 0 spiro atoms. The van der Waals surface area contributed by atoms with Crippen LogP contribution >= 0.6 is 0 Å². The molecule has 5 amide bonds. The smallest absolute Gasteiger partial charge is 0.315 e. The van der Waals surface area contributed by atoms with Crippen LogP contribution < -0.4 is 21.3 Å². The van der Waals surface area contributed by atoms with Crippen LogP contribution in [0.5, 0.6) is 0 Å². The summed E-state index contributed by atoms with van der Waals surface area (Å²) in [5, 5.41) is 10.7. The Balaban J connectivity index is 2.32. The number of hydrogen-bond acceptors (Lipinski definition) is 7. The molecule has 17 heteroatoms. The molecule has 0 bridgehead atoms. The first-order valence-corrected chi connectivity index (χ1v) is 18.9. The molecule has 1 saturated heterocycles. The number of amides is 5. The van der Waals surface area contributed by atoms with E-state index in [1.165, 1.54) is 18.3 Å². The number of urea groups is 1. The van der Waals surface area contributed by atoms with Crippen molar-refractivity contribution in [2.75, 3.05) is 32.9 Å². The number of aromatic amines is 1. The molecule has 0 aromatic carbocycles. The molecule has 1 fully saturated rings. The van der Waals surface area contributed by atoms with E-state index in [1.54, 1.807) is 27.0 Å². The molecule has 286 valence electrons. The summed E-state index contributed by atoms with van der Waals surface area (Å²) in [5.41, 5.74) is -0.659. The Bertz CT molecular complexity index is 1400. The van der Waals surface area contributed by atoms with E-state index in [1.807, 2.05) is 34.6 Å². The van der Waals surface area contributed by atoms with Crippen LogP contribution in [0.2, 0.25) is 0 Å². The Hall–Kier alpha value is -3.34. The standard InChI is InChI=1S/C33H58F2N8O6S/c1-20(2)21-11-12-24(29(45)39-23(15-26(34)35)28(44)37-14-13-22-16-36-19-38-22)43(17-21)30(46)27(33(6,7)8)41-31(47)40-25(32(3,4)5)18-42(9)50(10,48)49/h16,19-21,23-27H,11-15,17-18H2,1-10H3,(H,36,38)(H,37,44)(H,39,45)(H2,40,41,47)/t21?,23-,24-,25+,27+/m0/s1. The second-order valence-electron chi connectivity index (χ2n) is 15.8. The van der Waals surface area contributed by atoms with Crippen LogP contribution in [0.25, 0.3) is 0 Å². The molecule has 0 aliphatic carbocycles. The lowest BCUT2D eigenvalue weighted by Crippen LogP contribution is -2.64. The SMILES string of the molecule is CC(C)C1CC[C@@H](C(=O)N[C@@H](CC(F)F)C(=O)NCCc2cnc[nH]2)N(C(=O)[C@@H](NC(=O)N[C@H](CN(C)S(C)(=O)=O)C(C)(C)C)C(C)(C)C)C1. The zero-order valence-corrected chi connectivity index (χ0v) is 31.9. The second-order valence-corrected chi connectivity index (χ2v) is 17.9. The van der Waals surface area contributed by atoms with Gasteiger partial charge in [0.2, 0.25) is 34.2 Å². The Morgan fingerprint density at radius 2 is 1.68 bits per heavy atom. The van der Waals surface area contributed by atoms with Crippen LogP contribution in [0.1, 0.15) is 80.3 Å². The Kier molecular flexibility index (Phi) is 15.2. The van der Waals surface area contributed by atoms with Gasteiger partial charge in [-0.2, -0.15) is 0 Å². The summed E-state index contributed by atoms with van der Waals surface area (Å²) in [6, 6.07) is -5.06. The normalized spacial score (nSPS) is 19.2. The van der Waals surface area contributed by atoms with Gasteiger partial charge in [-0.3, -0.25) is 14.4 Å². The summed E-state index contributed by atoms with van der Waals surface area (Å²) < 4.78 is 52.5. The van der Waals surface area contributed by atoms with Gasteiger partial charge in [-0.1, -0.05) is 55.4 Å². The highest BCUT2D eigenvalue weighted by atomic mass is 32.2. The minimum absolute atomic E-state index is 0.00908. The van der Waals surface area contributed by atoms with Gasteiger partial charge in [0.1, 0.15) is 18.1 Å². The molecule has 1 aliphatic heterocycles. The minimum Gasteiger partial charge on any atom is -0.354 e. The van der Waals surface area contributed by atoms with Gasteiger partial charge in [-0.15, -0.1) is 0 Å². The van der Waals surface area contributed by atoms with Crippen LogP contribution in [0.4, 0.5) is 13.6 Å². The number of sulfonamides is 1. The first kappa shape index (κ1) is 42.8. The van der Waals surface area contributed by atoms with Gasteiger partial charge in [0.15, 0.2) is 0 Å². The number of halogens is 2. The molecule has 1 aromatic heterocycles. The lowest BCUT2D eigenvalue weighted by molar-refractivity contribution is -0.148. The molecule has 1 aromatic rings. The number of rotatable bonds is 15. The molecule has 2 rings (SSSR count). The number of nitrogens with zero attached hydrogens (tertiary/aromatic N) is 3. The van der Waals surface area contributed by atoms with Crippen molar-refractivity contribution in [2.24, 2.45) is 22.7 Å². The van der Waals surface area contributed by atoms with Gasteiger partial charge < -0.3 is 31.2 Å². The summed E-state index contributed by atoms with van der Waals surface area (Å²) in [5.74, 6) is -1.85. The number of hydrogen-bond donors (Lipinski definition) is 5. The number of carbonyl (C=O) groups is 4. The number of alkyl halides is 2. The number of H-pyrrole nitrogens is 1. The van der Waals surface area contributed by atoms with Crippen LogP contribution in [-0.2, 0) is 30.8 Å². The van der Waals surface area contributed by atoms with Gasteiger partial charge in [0.05, 0.1) is 12.6 Å². The van der Waals surface area contributed by atoms with E-state index in [0.717, 1.165) is 16.3 Å². The van der Waals surface area contributed by atoms with Crippen molar-refractivity contribution < 1.29 is 36.4 Å². The van der Waals surface area contributed by atoms with E-state index in [0.29, 0.717) is 12.8 Å². The average Bonchev–Trinajstić information content (AvgIpc) is 3.50. The maximum absolute atomic E-state index is 14.4. The number of likely N-dealkylation sites (tertiary alicyclic amines) is 1. The van der Waals surface area contributed by atoms with Crippen LogP contribution in [0.3, 0.4) is 0 Å². The van der Waals surface area contributed by atoms with Gasteiger partial charge >= 0.3 is 6.03 Å². The van der Waals surface area contributed by atoms with Crippen molar-refractivity contribution in [3.8, 4) is 0 Å². The topological polar surface area (TPSA) is 186 Å². The summed E-state index contributed by atoms with van der Waals surface area (Å²) in [4.78, 5) is 62.8. The molecular weight excluding hydrogens is 674 g/mol. The number of aromatic nitrogens is 2. The molecule has 0 radical (unpaired) electrons. The van der Waals surface area contributed by atoms with E-state index < -0.39 is 81.6 Å². The summed E-state index contributed by atoms with van der Waals surface area (Å²) in [6.45, 7) is 15.2. The number of nitrogens with one attached hydrogen (secondary N) is 5. The van der Waals surface area contributed by atoms with Gasteiger partial charge in [0, 0.05) is 57.5 Å². The van der Waals surface area contributed by atoms with Gasteiger partial charge in [-0.05, 0) is 35.5 Å². The third kappa shape index (κ3) is 13.1. The van der Waals surface area contributed by atoms with Crippen molar-refractivity contribution in [2.45, 2.75) is 112 Å². The van der Waals surface area contributed by atoms with Crippen molar-refractivity contribution in [3.63, 3.8) is 0 Å². The van der Waals surface area contributed by atoms with E-state index in [9.17, 15) is 36.4 Å². The highest BCUT2D eigenvalue weighted by Crippen LogP contribution is 2.31. The molecule has 5 N–H and O–H groups in total. The quantitative estimate of drug-likeness (QED) is 0.183. The fourth-order valence-electron chi connectivity index (χ4n) is 5.68. The number of piperidine rings is 1. The molecule has 50 heavy (non-hydrogen) atoms. The fourth-order valence-corrected chi connectivity index (χ4v) is 6.10. The van der Waals surface area contributed by atoms with Crippen LogP contribution in [0.15, 0.2) is 12.5 Å². The first-order valence-electron chi connectivity index (χ1n) is 17.0. The number of imidazole rings is 1. The average molecular weight is 733 g/mol. The highest BCUT2D eigenvalue weighted by molar-refractivity contribution is 7.88. The first-order chi connectivity index (χ1) is 22.9. The third-order valence-electron chi connectivity index (χ3n) is 9.19. The van der Waals surface area contributed by atoms with E-state index >= 15 is 0 Å². The zero-order chi connectivity index (χ0) is 38.2. The zero-order valence-electron chi connectivity index (χ0n) is 31.1. The highest BCUT2D eigenvalue weighted by Gasteiger charge is 2.44. The summed E-state index contributed by atoms with van der Waals surface area (Å²) in [6.07, 6.45) is 1.54. The van der Waals surface area contributed by atoms with E-state index in [-0.39, 0.29) is 37.9 Å². The Morgan fingerprint density at radius 1 is 1.04 bits per heavy atom. The van der Waals surface area contributed by atoms with Crippen LogP contribution in [0, 0.1) is 22.7 Å². The van der Waals surface area contributed by atoms with Crippen molar-refractivity contribution in [1.29, 1.82) is 0 Å². The van der Waals surface area contributed by atoms with Crippen LogP contribution in [-0.4, -0.2) is 115 Å². The molecule has 0 saturated carbocycles. The number of carbonyl (C=O) groups excluding carboxylic acids is 4. The lowest BCUT2D eigenvalue weighted by Gasteiger charge is -2.44. The maximum atomic E-state index is 14.4.